The zero-order valence-electron chi connectivity index (χ0n) is 16.1. The molecule has 7 nitrogen and oxygen atoms in total. The number of anilines is 1. The fraction of sp³-hybridized carbons (Fsp3) is 0.429. The molecule has 148 valence electrons. The van der Waals surface area contributed by atoms with Gasteiger partial charge in [0.05, 0.1) is 14.2 Å². The summed E-state index contributed by atoms with van der Waals surface area (Å²) < 4.78 is 16.7. The lowest BCUT2D eigenvalue weighted by molar-refractivity contribution is 0.0732. The van der Waals surface area contributed by atoms with Crippen molar-refractivity contribution in [3.05, 3.63) is 42.7 Å². The fourth-order valence-corrected chi connectivity index (χ4v) is 4.23. The van der Waals surface area contributed by atoms with Crippen molar-refractivity contribution < 1.29 is 19.0 Å². The fourth-order valence-electron chi connectivity index (χ4n) is 4.23. The van der Waals surface area contributed by atoms with Crippen LogP contribution in [0.3, 0.4) is 0 Å². The monoisotopic (exact) mass is 383 g/mol. The number of benzene rings is 1. The summed E-state index contributed by atoms with van der Waals surface area (Å²) in [5.74, 6) is 2.12. The maximum atomic E-state index is 13.0. The summed E-state index contributed by atoms with van der Waals surface area (Å²) in [5, 5.41) is 3.00. The highest BCUT2D eigenvalue weighted by Gasteiger charge is 2.44. The number of carbonyl (C=O) groups excluding carboxylic acids is 1. The Balaban J connectivity index is 1.42. The number of pyridine rings is 1. The second kappa shape index (κ2) is 7.96. The van der Waals surface area contributed by atoms with Crippen LogP contribution >= 0.6 is 0 Å². The third kappa shape index (κ3) is 3.83. The van der Waals surface area contributed by atoms with Crippen molar-refractivity contribution in [1.29, 1.82) is 0 Å². The molecule has 7 heteroatoms. The van der Waals surface area contributed by atoms with Gasteiger partial charge in [-0.3, -0.25) is 4.98 Å². The summed E-state index contributed by atoms with van der Waals surface area (Å²) in [6.45, 7) is 0. The van der Waals surface area contributed by atoms with Crippen molar-refractivity contribution in [2.75, 3.05) is 19.5 Å². The van der Waals surface area contributed by atoms with Gasteiger partial charge in [-0.2, -0.15) is 0 Å². The van der Waals surface area contributed by atoms with Crippen molar-refractivity contribution in [3.8, 4) is 17.2 Å². The number of nitrogens with one attached hydrogen (secondary N) is 1. The zero-order chi connectivity index (χ0) is 19.5. The molecule has 1 aromatic heterocycles. The van der Waals surface area contributed by atoms with E-state index < -0.39 is 0 Å². The number of aromatic nitrogens is 1. The van der Waals surface area contributed by atoms with Gasteiger partial charge in [-0.15, -0.1) is 0 Å². The van der Waals surface area contributed by atoms with E-state index in [-0.39, 0.29) is 24.2 Å². The molecule has 2 fully saturated rings. The number of rotatable bonds is 5. The van der Waals surface area contributed by atoms with Crippen LogP contribution in [0, 0.1) is 0 Å². The standard InChI is InChI=1S/C21H25N3O4/c1-26-18-9-14(10-19(13-18)27-2)23-21(25)24-15-3-4-16(24)12-20(11-15)28-17-5-7-22-8-6-17/h5-10,13,15-16,20H,3-4,11-12H2,1-2H3,(H,23,25). The maximum Gasteiger partial charge on any atom is 0.322 e. The maximum absolute atomic E-state index is 13.0. The summed E-state index contributed by atoms with van der Waals surface area (Å²) in [5.41, 5.74) is 0.663. The van der Waals surface area contributed by atoms with Crippen LogP contribution in [0.4, 0.5) is 10.5 Å². The van der Waals surface area contributed by atoms with Crippen molar-refractivity contribution in [2.45, 2.75) is 43.9 Å². The summed E-state index contributed by atoms with van der Waals surface area (Å²) in [6, 6.07) is 9.42. The Hall–Kier alpha value is -2.96. The Morgan fingerprint density at radius 3 is 2.18 bits per heavy atom. The quantitative estimate of drug-likeness (QED) is 0.852. The lowest BCUT2D eigenvalue weighted by Crippen LogP contribution is -2.50. The van der Waals surface area contributed by atoms with Gasteiger partial charge >= 0.3 is 6.03 Å². The number of urea groups is 1. The second-order valence-electron chi connectivity index (χ2n) is 7.22. The predicted molar refractivity (Wildman–Crippen MR) is 105 cm³/mol. The molecule has 0 aliphatic carbocycles. The minimum atomic E-state index is -0.0785. The molecule has 1 N–H and O–H groups in total. The number of methoxy groups -OCH3 is 2. The third-order valence-electron chi connectivity index (χ3n) is 5.48. The van der Waals surface area contributed by atoms with Crippen LogP contribution in [-0.4, -0.2) is 48.3 Å². The summed E-state index contributed by atoms with van der Waals surface area (Å²) in [4.78, 5) is 19.0. The molecule has 2 aliphatic rings. The van der Waals surface area contributed by atoms with E-state index in [1.165, 1.54) is 0 Å². The number of hydrogen-bond acceptors (Lipinski definition) is 5. The molecule has 0 saturated carbocycles. The molecular formula is C21H25N3O4. The van der Waals surface area contributed by atoms with Crippen LogP contribution in [0.15, 0.2) is 42.7 Å². The van der Waals surface area contributed by atoms with Gasteiger partial charge < -0.3 is 24.4 Å². The van der Waals surface area contributed by atoms with E-state index in [1.54, 1.807) is 44.8 Å². The van der Waals surface area contributed by atoms with Crippen LogP contribution in [0.1, 0.15) is 25.7 Å². The first-order chi connectivity index (χ1) is 13.7. The smallest absolute Gasteiger partial charge is 0.322 e. The molecule has 2 atom stereocenters. The zero-order valence-corrected chi connectivity index (χ0v) is 16.1. The first kappa shape index (κ1) is 18.4. The first-order valence-corrected chi connectivity index (χ1v) is 9.55. The van der Waals surface area contributed by atoms with Gasteiger partial charge in [-0.05, 0) is 25.0 Å². The molecule has 2 amide bonds. The molecule has 2 aliphatic heterocycles. The Morgan fingerprint density at radius 2 is 1.61 bits per heavy atom. The summed E-state index contributed by atoms with van der Waals surface area (Å²) in [7, 11) is 3.18. The van der Waals surface area contributed by atoms with E-state index in [2.05, 4.69) is 10.3 Å². The van der Waals surface area contributed by atoms with Gasteiger partial charge in [0.1, 0.15) is 23.4 Å². The Bertz CT molecular complexity index is 793. The van der Waals surface area contributed by atoms with Gasteiger partial charge in [0.25, 0.3) is 0 Å². The van der Waals surface area contributed by atoms with Crippen LogP contribution in [-0.2, 0) is 0 Å². The van der Waals surface area contributed by atoms with E-state index in [9.17, 15) is 4.79 Å². The van der Waals surface area contributed by atoms with Crippen molar-refractivity contribution in [2.24, 2.45) is 0 Å². The molecule has 28 heavy (non-hydrogen) atoms. The first-order valence-electron chi connectivity index (χ1n) is 9.55. The lowest BCUT2D eigenvalue weighted by atomic mass is 10.00. The number of fused-ring (bicyclic) bond motifs is 2. The summed E-state index contributed by atoms with van der Waals surface area (Å²) in [6.07, 6.45) is 7.29. The molecule has 2 unspecified atom stereocenters. The number of hydrogen-bond donors (Lipinski definition) is 1. The minimum absolute atomic E-state index is 0.0785. The summed E-state index contributed by atoms with van der Waals surface area (Å²) >= 11 is 0. The Labute approximate surface area is 164 Å². The average molecular weight is 383 g/mol. The average Bonchev–Trinajstić information content (AvgIpc) is 2.99. The minimum Gasteiger partial charge on any atom is -0.497 e. The van der Waals surface area contributed by atoms with Crippen molar-refractivity contribution in [3.63, 3.8) is 0 Å². The number of nitrogens with zero attached hydrogens (tertiary/aromatic N) is 2. The molecule has 2 bridgehead atoms. The second-order valence-corrected chi connectivity index (χ2v) is 7.22. The molecule has 2 aromatic rings. The van der Waals surface area contributed by atoms with Gasteiger partial charge in [-0.25, -0.2) is 4.79 Å². The van der Waals surface area contributed by atoms with E-state index in [0.29, 0.717) is 17.2 Å². The van der Waals surface area contributed by atoms with E-state index in [4.69, 9.17) is 14.2 Å². The number of piperidine rings is 1. The van der Waals surface area contributed by atoms with Gasteiger partial charge in [0.2, 0.25) is 0 Å². The third-order valence-corrected chi connectivity index (χ3v) is 5.48. The molecule has 3 heterocycles. The number of carbonyl (C=O) groups is 1. The normalized spacial score (nSPS) is 23.2. The predicted octanol–water partition coefficient (Wildman–Crippen LogP) is 3.71. The van der Waals surface area contributed by atoms with Gasteiger partial charge in [0, 0.05) is 61.2 Å². The lowest BCUT2D eigenvalue weighted by Gasteiger charge is -2.38. The van der Waals surface area contributed by atoms with Crippen molar-refractivity contribution in [1.82, 2.24) is 9.88 Å². The van der Waals surface area contributed by atoms with Gasteiger partial charge in [-0.1, -0.05) is 0 Å². The number of ether oxygens (including phenoxy) is 3. The molecule has 0 spiro atoms. The van der Waals surface area contributed by atoms with Crippen molar-refractivity contribution >= 4 is 11.7 Å². The SMILES string of the molecule is COc1cc(NC(=O)N2C3CCC2CC(Oc2ccncc2)C3)cc(OC)c1. The Kier molecular flexibility index (Phi) is 5.23. The largest absolute Gasteiger partial charge is 0.497 e. The number of amides is 2. The van der Waals surface area contributed by atoms with Crippen LogP contribution in [0.2, 0.25) is 0 Å². The highest BCUT2D eigenvalue weighted by Crippen LogP contribution is 2.38. The molecule has 2 saturated heterocycles. The molecular weight excluding hydrogens is 358 g/mol. The Morgan fingerprint density at radius 1 is 1.00 bits per heavy atom. The van der Waals surface area contributed by atoms with E-state index >= 15 is 0 Å². The highest BCUT2D eigenvalue weighted by molar-refractivity contribution is 5.90. The molecule has 1 aromatic carbocycles. The van der Waals surface area contributed by atoms with Crippen LogP contribution < -0.4 is 19.5 Å². The highest BCUT2D eigenvalue weighted by atomic mass is 16.5. The van der Waals surface area contributed by atoms with Crippen LogP contribution in [0.5, 0.6) is 17.2 Å². The van der Waals surface area contributed by atoms with E-state index in [0.717, 1.165) is 31.4 Å². The topological polar surface area (TPSA) is 72.9 Å². The van der Waals surface area contributed by atoms with Gasteiger partial charge in [0.15, 0.2) is 0 Å². The van der Waals surface area contributed by atoms with Crippen LogP contribution in [0.25, 0.3) is 0 Å². The molecule has 0 radical (unpaired) electrons. The van der Waals surface area contributed by atoms with E-state index in [1.807, 2.05) is 17.0 Å². The molecule has 4 rings (SSSR count).